The van der Waals surface area contributed by atoms with Crippen LogP contribution in [-0.2, 0) is 12.6 Å². The Hall–Kier alpha value is -3.40. The molecule has 32 heavy (non-hydrogen) atoms. The number of fused-ring (bicyclic) bond motifs is 1. The highest BCUT2D eigenvalue weighted by Crippen LogP contribution is 2.38. The summed E-state index contributed by atoms with van der Waals surface area (Å²) in [5, 5.41) is 3.74. The summed E-state index contributed by atoms with van der Waals surface area (Å²) in [4.78, 5) is 31.2. The van der Waals surface area contributed by atoms with E-state index >= 15 is 0 Å². The second-order valence-electron chi connectivity index (χ2n) is 7.43. The summed E-state index contributed by atoms with van der Waals surface area (Å²) in [6.07, 6.45) is -1.83. The number of rotatable bonds is 4. The summed E-state index contributed by atoms with van der Waals surface area (Å²) in [5.74, 6) is -0.737. The Labute approximate surface area is 185 Å². The van der Waals surface area contributed by atoms with Crippen molar-refractivity contribution >= 4 is 34.8 Å². The van der Waals surface area contributed by atoms with Crippen LogP contribution in [0.15, 0.2) is 42.7 Å². The first-order valence-corrected chi connectivity index (χ1v) is 9.94. The first-order valence-electron chi connectivity index (χ1n) is 9.56. The molecule has 0 aliphatic carbocycles. The molecule has 11 heteroatoms. The number of nitrogens with two attached hydrogens (primary N) is 1. The summed E-state index contributed by atoms with van der Waals surface area (Å²) in [6, 6.07) is 6.00. The highest BCUT2D eigenvalue weighted by Gasteiger charge is 2.36. The summed E-state index contributed by atoms with van der Waals surface area (Å²) in [6.45, 7) is 1.99. The van der Waals surface area contributed by atoms with Crippen LogP contribution in [0.3, 0.4) is 0 Å². The van der Waals surface area contributed by atoms with E-state index in [0.717, 1.165) is 12.1 Å². The fourth-order valence-corrected chi connectivity index (χ4v) is 3.98. The normalized spacial score (nSPS) is 16.2. The van der Waals surface area contributed by atoms with E-state index < -0.39 is 22.7 Å². The van der Waals surface area contributed by atoms with Crippen LogP contribution in [0.5, 0.6) is 0 Å². The standard InChI is InChI=1S/C21H17ClF3N5O2/c1-11-10-29(13-4-5-15(16(22)8-13)21(23,24)25)20(32)18-12(9-28-30(11)18)7-17(31)14-3-2-6-27-19(14)26/h2-6,8-9,11H,7,10H2,1H3,(H2,26,27)/t11-/m0/s1. The van der Waals surface area contributed by atoms with Gasteiger partial charge in [0.05, 0.1) is 28.4 Å². The van der Waals surface area contributed by atoms with E-state index in [1.165, 1.54) is 28.0 Å². The number of aromatic nitrogens is 3. The van der Waals surface area contributed by atoms with Gasteiger partial charge in [0, 0.05) is 30.4 Å². The van der Waals surface area contributed by atoms with Gasteiger partial charge in [0.1, 0.15) is 11.5 Å². The Bertz CT molecular complexity index is 1220. The Kier molecular flexibility index (Phi) is 5.41. The zero-order chi connectivity index (χ0) is 23.2. The van der Waals surface area contributed by atoms with Crippen molar-refractivity contribution in [2.75, 3.05) is 17.2 Å². The quantitative estimate of drug-likeness (QED) is 0.586. The van der Waals surface area contributed by atoms with Gasteiger partial charge in [-0.1, -0.05) is 11.6 Å². The average Bonchev–Trinajstić information content (AvgIpc) is 3.14. The maximum absolute atomic E-state index is 13.3. The third kappa shape index (κ3) is 3.81. The van der Waals surface area contributed by atoms with E-state index in [0.29, 0.717) is 5.56 Å². The fourth-order valence-electron chi connectivity index (χ4n) is 3.70. The van der Waals surface area contributed by atoms with Crippen molar-refractivity contribution in [3.05, 3.63) is 70.1 Å². The molecule has 1 amide bonds. The van der Waals surface area contributed by atoms with Crippen LogP contribution in [-0.4, -0.2) is 33.0 Å². The number of carbonyl (C=O) groups is 2. The second kappa shape index (κ2) is 7.94. The van der Waals surface area contributed by atoms with Gasteiger partial charge < -0.3 is 10.6 Å². The predicted molar refractivity (Wildman–Crippen MR) is 112 cm³/mol. The van der Waals surface area contributed by atoms with Gasteiger partial charge in [0.25, 0.3) is 5.91 Å². The number of nitrogen functional groups attached to an aromatic ring is 1. The maximum Gasteiger partial charge on any atom is 0.417 e. The highest BCUT2D eigenvalue weighted by molar-refractivity contribution is 6.31. The van der Waals surface area contributed by atoms with Crippen molar-refractivity contribution in [3.8, 4) is 0 Å². The number of benzene rings is 1. The average molecular weight is 464 g/mol. The third-order valence-corrected chi connectivity index (χ3v) is 5.56. The lowest BCUT2D eigenvalue weighted by Gasteiger charge is -2.32. The van der Waals surface area contributed by atoms with E-state index in [2.05, 4.69) is 10.1 Å². The number of hydrogen-bond acceptors (Lipinski definition) is 5. The van der Waals surface area contributed by atoms with Gasteiger partial charge in [-0.15, -0.1) is 0 Å². The van der Waals surface area contributed by atoms with Gasteiger partial charge in [0.2, 0.25) is 0 Å². The number of hydrogen-bond donors (Lipinski definition) is 1. The minimum Gasteiger partial charge on any atom is -0.383 e. The molecule has 1 aliphatic rings. The molecule has 2 aromatic heterocycles. The number of carbonyl (C=O) groups excluding carboxylic acids is 2. The molecule has 0 radical (unpaired) electrons. The lowest BCUT2D eigenvalue weighted by atomic mass is 10.0. The van der Waals surface area contributed by atoms with Crippen molar-refractivity contribution in [3.63, 3.8) is 0 Å². The van der Waals surface area contributed by atoms with Crippen molar-refractivity contribution in [2.24, 2.45) is 0 Å². The molecule has 0 saturated carbocycles. The number of Topliss-reactive ketones (excluding diaryl/α,β-unsaturated/α-hetero) is 1. The molecule has 0 fully saturated rings. The molecular formula is C21H17ClF3N5O2. The topological polar surface area (TPSA) is 94.1 Å². The molecule has 4 rings (SSSR count). The summed E-state index contributed by atoms with van der Waals surface area (Å²) >= 11 is 5.84. The molecular weight excluding hydrogens is 447 g/mol. The van der Waals surface area contributed by atoms with Crippen molar-refractivity contribution in [1.29, 1.82) is 0 Å². The number of alkyl halides is 3. The second-order valence-corrected chi connectivity index (χ2v) is 7.83. The number of anilines is 2. The van der Waals surface area contributed by atoms with Crippen LogP contribution in [0.1, 0.15) is 44.9 Å². The molecule has 1 atom stereocenters. The maximum atomic E-state index is 13.3. The predicted octanol–water partition coefficient (Wildman–Crippen LogP) is 4.18. The van der Waals surface area contributed by atoms with Crippen LogP contribution >= 0.6 is 11.6 Å². The summed E-state index contributed by atoms with van der Waals surface area (Å²) in [5.41, 5.74) is 5.82. The molecule has 1 aromatic carbocycles. The molecule has 0 bridgehead atoms. The number of ketones is 1. The molecule has 0 saturated heterocycles. The van der Waals surface area contributed by atoms with Crippen molar-refractivity contribution in [1.82, 2.24) is 14.8 Å². The van der Waals surface area contributed by atoms with Crippen molar-refractivity contribution < 1.29 is 22.8 Å². The Morgan fingerprint density at radius 3 is 2.72 bits per heavy atom. The van der Waals surface area contributed by atoms with Crippen LogP contribution in [0.4, 0.5) is 24.7 Å². The minimum absolute atomic E-state index is 0.0826. The molecule has 3 heterocycles. The molecule has 0 unspecified atom stereocenters. The van der Waals surface area contributed by atoms with Crippen molar-refractivity contribution in [2.45, 2.75) is 25.6 Å². The zero-order valence-corrected chi connectivity index (χ0v) is 17.5. The van der Waals surface area contributed by atoms with E-state index in [1.807, 2.05) is 6.92 Å². The first kappa shape index (κ1) is 21.8. The molecule has 7 nitrogen and oxygen atoms in total. The van der Waals surface area contributed by atoms with E-state index in [-0.39, 0.29) is 47.6 Å². The Morgan fingerprint density at radius 2 is 2.06 bits per heavy atom. The van der Waals surface area contributed by atoms with E-state index in [1.54, 1.807) is 12.1 Å². The Balaban J connectivity index is 1.67. The molecule has 2 N–H and O–H groups in total. The van der Waals surface area contributed by atoms with Crippen LogP contribution in [0.2, 0.25) is 5.02 Å². The fraction of sp³-hybridized carbons (Fsp3) is 0.238. The van der Waals surface area contributed by atoms with Crippen LogP contribution < -0.4 is 10.6 Å². The summed E-state index contributed by atoms with van der Waals surface area (Å²) < 4.78 is 40.6. The summed E-state index contributed by atoms with van der Waals surface area (Å²) in [7, 11) is 0. The SMILES string of the molecule is C[C@H]1CN(c2ccc(C(F)(F)F)c(Cl)c2)C(=O)c2c(CC(=O)c3cccnc3N)cnn21. The third-order valence-electron chi connectivity index (χ3n) is 5.24. The zero-order valence-electron chi connectivity index (χ0n) is 16.7. The molecule has 1 aliphatic heterocycles. The monoisotopic (exact) mass is 463 g/mol. The number of halogens is 4. The molecule has 3 aromatic rings. The largest absolute Gasteiger partial charge is 0.417 e. The van der Waals surface area contributed by atoms with Crippen LogP contribution in [0.25, 0.3) is 0 Å². The number of amides is 1. The van der Waals surface area contributed by atoms with E-state index in [9.17, 15) is 22.8 Å². The van der Waals surface area contributed by atoms with Gasteiger partial charge in [-0.25, -0.2) is 4.98 Å². The lowest BCUT2D eigenvalue weighted by Crippen LogP contribution is -2.43. The molecule has 166 valence electrons. The smallest absolute Gasteiger partial charge is 0.383 e. The van der Waals surface area contributed by atoms with Gasteiger partial charge in [-0.2, -0.15) is 18.3 Å². The number of pyridine rings is 1. The molecule has 0 spiro atoms. The van der Waals surface area contributed by atoms with Gasteiger partial charge in [-0.3, -0.25) is 14.3 Å². The van der Waals surface area contributed by atoms with E-state index in [4.69, 9.17) is 17.3 Å². The first-order chi connectivity index (χ1) is 15.1. The van der Waals surface area contributed by atoms with Gasteiger partial charge in [0.15, 0.2) is 5.78 Å². The van der Waals surface area contributed by atoms with Gasteiger partial charge in [-0.05, 0) is 37.3 Å². The highest BCUT2D eigenvalue weighted by atomic mass is 35.5. The van der Waals surface area contributed by atoms with Crippen LogP contribution in [0, 0.1) is 0 Å². The lowest BCUT2D eigenvalue weighted by molar-refractivity contribution is -0.137. The number of nitrogens with zero attached hydrogens (tertiary/aromatic N) is 4. The Morgan fingerprint density at radius 1 is 1.31 bits per heavy atom. The minimum atomic E-state index is -4.60. The van der Waals surface area contributed by atoms with Gasteiger partial charge >= 0.3 is 6.18 Å².